The first-order valence-corrected chi connectivity index (χ1v) is 8.02. The molecule has 0 radical (unpaired) electrons. The second-order valence-corrected chi connectivity index (χ2v) is 6.43. The first-order chi connectivity index (χ1) is 11.5. The fourth-order valence-corrected chi connectivity index (χ4v) is 2.88. The van der Waals surface area contributed by atoms with Crippen molar-refractivity contribution in [1.29, 1.82) is 0 Å². The van der Waals surface area contributed by atoms with Gasteiger partial charge < -0.3 is 24.2 Å². The third-order valence-corrected chi connectivity index (χ3v) is 4.00. The van der Waals surface area contributed by atoms with Crippen LogP contribution in [0.3, 0.4) is 0 Å². The van der Waals surface area contributed by atoms with E-state index >= 15 is 0 Å². The van der Waals surface area contributed by atoms with Gasteiger partial charge in [-0.3, -0.25) is 0 Å². The van der Waals surface area contributed by atoms with Crippen LogP contribution in [0.4, 0.5) is 0 Å². The van der Waals surface area contributed by atoms with Crippen LogP contribution in [0.5, 0.6) is 0 Å². The molecule has 0 bridgehead atoms. The maximum absolute atomic E-state index is 8.77. The van der Waals surface area contributed by atoms with Gasteiger partial charge in [0.1, 0.15) is 18.3 Å². The zero-order valence-electron chi connectivity index (χ0n) is 14.1. The van der Waals surface area contributed by atoms with Crippen molar-refractivity contribution >= 4 is 5.71 Å². The molecular weight excluding hydrogens is 310 g/mol. The van der Waals surface area contributed by atoms with Gasteiger partial charge in [-0.15, -0.1) is 0 Å². The molecule has 2 aliphatic rings. The van der Waals surface area contributed by atoms with Gasteiger partial charge in [0, 0.05) is 0 Å². The minimum atomic E-state index is -0.694. The van der Waals surface area contributed by atoms with Gasteiger partial charge in [-0.2, -0.15) is 0 Å². The van der Waals surface area contributed by atoms with Crippen LogP contribution in [0, 0.1) is 0 Å². The number of fused-ring (bicyclic) bond motifs is 1. The van der Waals surface area contributed by atoms with Crippen LogP contribution in [0.25, 0.3) is 0 Å². The van der Waals surface area contributed by atoms with E-state index in [-0.39, 0.29) is 18.3 Å². The second-order valence-electron chi connectivity index (χ2n) is 6.43. The lowest BCUT2D eigenvalue weighted by atomic mass is 10.1. The number of hydrogen-bond acceptors (Lipinski definition) is 6. The standard InChI is InChI=1S/C18H23NO5/c1-12(19-20)9-10-14-15(21-11-13-7-5-4-6-8-13)16-17(22-14)24-18(2,3)23-16/h4-10,14-17,20H,11H2,1-3H3/b10-9+,19-12-/t14-,15+,16-,17-/m1/s1. The summed E-state index contributed by atoms with van der Waals surface area (Å²) < 4.78 is 23.7. The Hall–Kier alpha value is -1.73. The van der Waals surface area contributed by atoms with Gasteiger partial charge in [-0.25, -0.2) is 0 Å². The molecule has 6 heteroatoms. The van der Waals surface area contributed by atoms with E-state index in [2.05, 4.69) is 5.16 Å². The number of oxime groups is 1. The largest absolute Gasteiger partial charge is 0.411 e. The molecule has 2 saturated heterocycles. The van der Waals surface area contributed by atoms with E-state index in [9.17, 15) is 0 Å². The Labute approximate surface area is 141 Å². The van der Waals surface area contributed by atoms with Crippen molar-refractivity contribution in [2.45, 2.75) is 57.8 Å². The Balaban J connectivity index is 1.72. The Morgan fingerprint density at radius 3 is 2.75 bits per heavy atom. The van der Waals surface area contributed by atoms with Crippen molar-refractivity contribution in [2.75, 3.05) is 0 Å². The number of ether oxygens (including phenoxy) is 4. The fraction of sp³-hybridized carbons (Fsp3) is 0.500. The van der Waals surface area contributed by atoms with Crippen molar-refractivity contribution in [3.05, 3.63) is 48.0 Å². The highest BCUT2D eigenvalue weighted by Crippen LogP contribution is 2.39. The van der Waals surface area contributed by atoms with Crippen LogP contribution in [-0.2, 0) is 25.6 Å². The fourth-order valence-electron chi connectivity index (χ4n) is 2.88. The van der Waals surface area contributed by atoms with Gasteiger partial charge >= 0.3 is 0 Å². The van der Waals surface area contributed by atoms with E-state index in [1.54, 1.807) is 13.0 Å². The molecular formula is C18H23NO5. The number of benzene rings is 1. The van der Waals surface area contributed by atoms with Crippen LogP contribution in [0.2, 0.25) is 0 Å². The van der Waals surface area contributed by atoms with Crippen LogP contribution >= 0.6 is 0 Å². The van der Waals surface area contributed by atoms with Gasteiger partial charge in [-0.1, -0.05) is 41.6 Å². The summed E-state index contributed by atoms with van der Waals surface area (Å²) in [5.74, 6) is -0.694. The zero-order valence-corrected chi connectivity index (χ0v) is 14.1. The Bertz CT molecular complexity index is 613. The molecule has 1 aromatic carbocycles. The van der Waals surface area contributed by atoms with E-state index in [0.717, 1.165) is 5.56 Å². The Morgan fingerprint density at radius 2 is 2.04 bits per heavy atom. The molecule has 0 unspecified atom stereocenters. The first-order valence-electron chi connectivity index (χ1n) is 8.02. The summed E-state index contributed by atoms with van der Waals surface area (Å²) in [6, 6.07) is 9.94. The highest BCUT2D eigenvalue weighted by molar-refractivity contribution is 5.92. The lowest BCUT2D eigenvalue weighted by Gasteiger charge is -2.24. The Morgan fingerprint density at radius 1 is 1.29 bits per heavy atom. The molecule has 2 heterocycles. The van der Waals surface area contributed by atoms with Crippen molar-refractivity contribution in [3.63, 3.8) is 0 Å². The third-order valence-electron chi connectivity index (χ3n) is 4.00. The van der Waals surface area contributed by atoms with Gasteiger partial charge in [0.15, 0.2) is 12.1 Å². The van der Waals surface area contributed by atoms with Crippen LogP contribution in [-0.4, -0.2) is 41.3 Å². The molecule has 2 aliphatic heterocycles. The SMILES string of the molecule is CC(/C=C/[C@H]1O[C@@H]2OC(C)(C)O[C@@H]2[C@H]1OCc1ccccc1)=N/O. The van der Waals surface area contributed by atoms with E-state index in [0.29, 0.717) is 12.3 Å². The van der Waals surface area contributed by atoms with Gasteiger partial charge in [0.25, 0.3) is 0 Å². The topological polar surface area (TPSA) is 69.5 Å². The summed E-state index contributed by atoms with van der Waals surface area (Å²) in [7, 11) is 0. The molecule has 0 amide bonds. The maximum Gasteiger partial charge on any atom is 0.190 e. The summed E-state index contributed by atoms with van der Waals surface area (Å²) in [6.45, 7) is 5.87. The van der Waals surface area contributed by atoms with E-state index in [1.807, 2.05) is 50.3 Å². The van der Waals surface area contributed by atoms with Crippen molar-refractivity contribution in [1.82, 2.24) is 0 Å². The first kappa shape index (κ1) is 17.1. The van der Waals surface area contributed by atoms with E-state index in [1.165, 1.54) is 0 Å². The molecule has 130 valence electrons. The molecule has 1 aromatic rings. The monoisotopic (exact) mass is 333 g/mol. The molecule has 1 N–H and O–H groups in total. The molecule has 2 fully saturated rings. The summed E-state index contributed by atoms with van der Waals surface area (Å²) in [4.78, 5) is 0. The summed E-state index contributed by atoms with van der Waals surface area (Å²) >= 11 is 0. The third kappa shape index (κ3) is 3.84. The van der Waals surface area contributed by atoms with Gasteiger partial charge in [0.05, 0.1) is 12.3 Å². The normalized spacial score (nSPS) is 32.4. The molecule has 0 aliphatic carbocycles. The smallest absolute Gasteiger partial charge is 0.190 e. The van der Waals surface area contributed by atoms with Crippen molar-refractivity contribution in [3.8, 4) is 0 Å². The van der Waals surface area contributed by atoms with Gasteiger partial charge in [-0.05, 0) is 32.4 Å². The highest BCUT2D eigenvalue weighted by atomic mass is 16.8. The lowest BCUT2D eigenvalue weighted by molar-refractivity contribution is -0.213. The minimum absolute atomic E-state index is 0.301. The Kier molecular flexibility index (Phi) is 5.01. The average Bonchev–Trinajstić information content (AvgIpc) is 3.03. The predicted molar refractivity (Wildman–Crippen MR) is 87.8 cm³/mol. The quantitative estimate of drug-likeness (QED) is 0.510. The summed E-state index contributed by atoms with van der Waals surface area (Å²) in [5, 5.41) is 11.9. The summed E-state index contributed by atoms with van der Waals surface area (Å²) in [6.07, 6.45) is 2.08. The maximum atomic E-state index is 8.77. The van der Waals surface area contributed by atoms with E-state index in [4.69, 9.17) is 24.2 Å². The molecule has 0 aromatic heterocycles. The molecule has 0 spiro atoms. The zero-order chi connectivity index (χ0) is 17.2. The second kappa shape index (κ2) is 7.03. The van der Waals surface area contributed by atoms with Crippen LogP contribution in [0.15, 0.2) is 47.6 Å². The minimum Gasteiger partial charge on any atom is -0.411 e. The van der Waals surface area contributed by atoms with Crippen LogP contribution < -0.4 is 0 Å². The average molecular weight is 333 g/mol. The molecule has 24 heavy (non-hydrogen) atoms. The van der Waals surface area contributed by atoms with Crippen molar-refractivity contribution in [2.24, 2.45) is 5.16 Å². The van der Waals surface area contributed by atoms with Gasteiger partial charge in [0.2, 0.25) is 0 Å². The summed E-state index contributed by atoms with van der Waals surface area (Å²) in [5.41, 5.74) is 1.56. The molecule has 3 rings (SSSR count). The highest BCUT2D eigenvalue weighted by Gasteiger charge is 2.54. The number of hydrogen-bond donors (Lipinski definition) is 1. The lowest BCUT2D eigenvalue weighted by Crippen LogP contribution is -2.36. The predicted octanol–water partition coefficient (Wildman–Crippen LogP) is 2.85. The van der Waals surface area contributed by atoms with E-state index < -0.39 is 12.1 Å². The molecule has 4 atom stereocenters. The van der Waals surface area contributed by atoms with Crippen LogP contribution in [0.1, 0.15) is 26.3 Å². The molecule has 6 nitrogen and oxygen atoms in total. The number of nitrogens with zero attached hydrogens (tertiary/aromatic N) is 1. The number of allylic oxidation sites excluding steroid dienone is 1. The van der Waals surface area contributed by atoms with Crippen molar-refractivity contribution < 1.29 is 24.2 Å². The molecule has 0 saturated carbocycles. The number of rotatable bonds is 5.